The highest BCUT2D eigenvalue weighted by atomic mass is 35.5. The van der Waals surface area contributed by atoms with E-state index in [0.717, 1.165) is 17.0 Å². The first-order chi connectivity index (χ1) is 7.36. The summed E-state index contributed by atoms with van der Waals surface area (Å²) in [5.41, 5.74) is 2.40. The van der Waals surface area contributed by atoms with E-state index in [4.69, 9.17) is 11.6 Å². The molecule has 2 aromatic carbocycles. The Kier molecular flexibility index (Phi) is 3.41. The normalized spacial score (nSPS) is 10.2. The van der Waals surface area contributed by atoms with Gasteiger partial charge in [-0.1, -0.05) is 60.1 Å². The summed E-state index contributed by atoms with van der Waals surface area (Å²) in [5.74, 6) is 0. The van der Waals surface area contributed by atoms with Crippen LogP contribution in [0.5, 0.6) is 0 Å². The van der Waals surface area contributed by atoms with Crippen LogP contribution in [-0.2, 0) is 6.42 Å². The van der Waals surface area contributed by atoms with E-state index >= 15 is 0 Å². The molecule has 0 atom stereocenters. The van der Waals surface area contributed by atoms with Gasteiger partial charge in [0.1, 0.15) is 0 Å². The monoisotopic (exact) mass is 215 g/mol. The van der Waals surface area contributed by atoms with Gasteiger partial charge in [0.2, 0.25) is 0 Å². The largest absolute Gasteiger partial charge is 0.0840 e. The van der Waals surface area contributed by atoms with Gasteiger partial charge in [-0.25, -0.2) is 0 Å². The van der Waals surface area contributed by atoms with Gasteiger partial charge in [0.15, 0.2) is 0 Å². The maximum absolute atomic E-state index is 6.06. The van der Waals surface area contributed by atoms with Crippen molar-refractivity contribution in [2.45, 2.75) is 6.42 Å². The van der Waals surface area contributed by atoms with Crippen LogP contribution in [0.1, 0.15) is 11.1 Å². The molecule has 0 heterocycles. The van der Waals surface area contributed by atoms with Crippen LogP contribution in [0.4, 0.5) is 0 Å². The zero-order valence-electron chi connectivity index (χ0n) is 8.36. The van der Waals surface area contributed by atoms with Gasteiger partial charge in [0.25, 0.3) is 0 Å². The van der Waals surface area contributed by atoms with E-state index in [-0.39, 0.29) is 0 Å². The van der Waals surface area contributed by atoms with Crippen molar-refractivity contribution in [1.82, 2.24) is 0 Å². The molecule has 2 rings (SSSR count). The SMILES string of the molecule is Clc1ccccc1[CH]Cc1ccccc1. The van der Waals surface area contributed by atoms with Crippen LogP contribution in [0.2, 0.25) is 5.02 Å². The lowest BCUT2D eigenvalue weighted by Crippen LogP contribution is -1.88. The maximum Gasteiger partial charge on any atom is 0.0441 e. The fourth-order valence-electron chi connectivity index (χ4n) is 1.48. The number of benzene rings is 2. The molecule has 0 fully saturated rings. The first kappa shape index (κ1) is 10.3. The van der Waals surface area contributed by atoms with Crippen molar-refractivity contribution >= 4 is 11.6 Å². The third-order valence-electron chi connectivity index (χ3n) is 2.31. The predicted molar refractivity (Wildman–Crippen MR) is 65.0 cm³/mol. The zero-order valence-corrected chi connectivity index (χ0v) is 9.11. The minimum atomic E-state index is 0.813. The Balaban J connectivity index is 2.03. The van der Waals surface area contributed by atoms with Crippen LogP contribution >= 0.6 is 11.6 Å². The molecule has 0 aliphatic carbocycles. The molecule has 0 amide bonds. The number of halogens is 1. The second-order valence-electron chi connectivity index (χ2n) is 3.42. The Labute approximate surface area is 95.5 Å². The number of rotatable bonds is 3. The van der Waals surface area contributed by atoms with E-state index in [1.807, 2.05) is 30.3 Å². The minimum Gasteiger partial charge on any atom is -0.0840 e. The molecule has 0 unspecified atom stereocenters. The molecule has 75 valence electrons. The van der Waals surface area contributed by atoms with Gasteiger partial charge < -0.3 is 0 Å². The molecule has 0 spiro atoms. The topological polar surface area (TPSA) is 0 Å². The highest BCUT2D eigenvalue weighted by Crippen LogP contribution is 2.18. The van der Waals surface area contributed by atoms with Crippen LogP contribution in [0.25, 0.3) is 0 Å². The molecule has 0 nitrogen and oxygen atoms in total. The summed E-state index contributed by atoms with van der Waals surface area (Å²) >= 11 is 6.06. The number of hydrogen-bond donors (Lipinski definition) is 0. The second kappa shape index (κ2) is 4.99. The molecule has 0 aromatic heterocycles. The Morgan fingerprint density at radius 2 is 1.53 bits per heavy atom. The van der Waals surface area contributed by atoms with Crippen molar-refractivity contribution in [2.75, 3.05) is 0 Å². The molecule has 0 bridgehead atoms. The van der Waals surface area contributed by atoms with Gasteiger partial charge in [-0.3, -0.25) is 0 Å². The van der Waals surface area contributed by atoms with Crippen LogP contribution in [0.15, 0.2) is 54.6 Å². The van der Waals surface area contributed by atoms with Gasteiger partial charge in [0.05, 0.1) is 0 Å². The summed E-state index contributed by atoms with van der Waals surface area (Å²) in [6.07, 6.45) is 3.07. The minimum absolute atomic E-state index is 0.813. The Bertz CT molecular complexity index is 420. The summed E-state index contributed by atoms with van der Waals surface area (Å²) in [6, 6.07) is 18.3. The zero-order chi connectivity index (χ0) is 10.5. The molecule has 2 aromatic rings. The molecule has 0 aliphatic heterocycles. The maximum atomic E-state index is 6.06. The van der Waals surface area contributed by atoms with Crippen molar-refractivity contribution < 1.29 is 0 Å². The van der Waals surface area contributed by atoms with Gasteiger partial charge >= 0.3 is 0 Å². The Morgan fingerprint density at radius 1 is 0.867 bits per heavy atom. The highest BCUT2D eigenvalue weighted by Gasteiger charge is 1.99. The summed E-state index contributed by atoms with van der Waals surface area (Å²) < 4.78 is 0. The van der Waals surface area contributed by atoms with E-state index in [2.05, 4.69) is 30.7 Å². The Morgan fingerprint density at radius 3 is 2.27 bits per heavy atom. The van der Waals surface area contributed by atoms with Crippen LogP contribution in [0.3, 0.4) is 0 Å². The van der Waals surface area contributed by atoms with Gasteiger partial charge in [-0.2, -0.15) is 0 Å². The first-order valence-corrected chi connectivity index (χ1v) is 5.36. The highest BCUT2D eigenvalue weighted by molar-refractivity contribution is 6.31. The molecule has 1 radical (unpaired) electrons. The molecular weight excluding hydrogens is 204 g/mol. The van der Waals surface area contributed by atoms with Gasteiger partial charge in [-0.15, -0.1) is 0 Å². The van der Waals surface area contributed by atoms with Crippen LogP contribution < -0.4 is 0 Å². The van der Waals surface area contributed by atoms with Crippen LogP contribution in [0, 0.1) is 6.42 Å². The quantitative estimate of drug-likeness (QED) is 0.722. The molecule has 0 saturated heterocycles. The predicted octanol–water partition coefficient (Wildman–Crippen LogP) is 4.14. The lowest BCUT2D eigenvalue weighted by Gasteiger charge is -2.03. The van der Waals surface area contributed by atoms with E-state index in [0.29, 0.717) is 0 Å². The van der Waals surface area contributed by atoms with E-state index in [9.17, 15) is 0 Å². The molecule has 1 heteroatoms. The molecular formula is C14H12Cl. The first-order valence-electron chi connectivity index (χ1n) is 4.98. The average molecular weight is 216 g/mol. The number of hydrogen-bond acceptors (Lipinski definition) is 0. The summed E-state index contributed by atoms with van der Waals surface area (Å²) in [4.78, 5) is 0. The van der Waals surface area contributed by atoms with Crippen LogP contribution in [-0.4, -0.2) is 0 Å². The standard InChI is InChI=1S/C14H12Cl/c15-14-9-5-4-8-13(14)11-10-12-6-2-1-3-7-12/h1-9,11H,10H2. The fraction of sp³-hybridized carbons (Fsp3) is 0.0714. The molecule has 0 N–H and O–H groups in total. The van der Waals surface area contributed by atoms with Crippen molar-refractivity contribution in [3.8, 4) is 0 Å². The van der Waals surface area contributed by atoms with Crippen molar-refractivity contribution in [1.29, 1.82) is 0 Å². The molecule has 0 saturated carbocycles. The average Bonchev–Trinajstić information content (AvgIpc) is 2.29. The second-order valence-corrected chi connectivity index (χ2v) is 3.82. The summed E-state index contributed by atoms with van der Waals surface area (Å²) in [6.45, 7) is 0. The molecule has 15 heavy (non-hydrogen) atoms. The summed E-state index contributed by atoms with van der Waals surface area (Å²) in [7, 11) is 0. The summed E-state index contributed by atoms with van der Waals surface area (Å²) in [5, 5.41) is 0.813. The van der Waals surface area contributed by atoms with Gasteiger partial charge in [-0.05, 0) is 30.0 Å². The van der Waals surface area contributed by atoms with E-state index in [1.54, 1.807) is 0 Å². The van der Waals surface area contributed by atoms with E-state index in [1.165, 1.54) is 5.56 Å². The smallest absolute Gasteiger partial charge is 0.0441 e. The van der Waals surface area contributed by atoms with Crippen molar-refractivity contribution in [2.24, 2.45) is 0 Å². The third-order valence-corrected chi connectivity index (χ3v) is 2.65. The molecule has 0 aliphatic rings. The van der Waals surface area contributed by atoms with Gasteiger partial charge in [0, 0.05) is 5.02 Å². The van der Waals surface area contributed by atoms with E-state index < -0.39 is 0 Å². The van der Waals surface area contributed by atoms with Crippen molar-refractivity contribution in [3.63, 3.8) is 0 Å². The lowest BCUT2D eigenvalue weighted by atomic mass is 10.0. The Hall–Kier alpha value is -1.27. The fourth-order valence-corrected chi connectivity index (χ4v) is 1.70. The lowest BCUT2D eigenvalue weighted by molar-refractivity contribution is 1.17. The third kappa shape index (κ3) is 2.84. The van der Waals surface area contributed by atoms with Crippen molar-refractivity contribution in [3.05, 3.63) is 77.2 Å².